The zero-order valence-corrected chi connectivity index (χ0v) is 11.1. The Bertz CT molecular complexity index is 436. The first-order valence-electron chi connectivity index (χ1n) is 5.39. The van der Waals surface area contributed by atoms with E-state index in [0.717, 1.165) is 11.0 Å². The standard InChI is InChI=1S/C12H14BrNO3/c1-17-11-3-2-9(5-10(11)15)14-7-8(6-13)4-12(14)16/h2-3,5,8,15H,4,6-7H2,1H3. The molecule has 17 heavy (non-hydrogen) atoms. The smallest absolute Gasteiger partial charge is 0.227 e. The molecular weight excluding hydrogens is 286 g/mol. The predicted octanol–water partition coefficient (Wildman–Crippen LogP) is 2.15. The van der Waals surface area contributed by atoms with Crippen LogP contribution in [0.4, 0.5) is 5.69 Å². The Morgan fingerprint density at radius 1 is 1.59 bits per heavy atom. The molecule has 2 rings (SSSR count). The first-order chi connectivity index (χ1) is 8.15. The molecule has 0 aliphatic carbocycles. The summed E-state index contributed by atoms with van der Waals surface area (Å²) in [6.45, 7) is 0.690. The lowest BCUT2D eigenvalue weighted by atomic mass is 10.2. The van der Waals surface area contributed by atoms with Crippen LogP contribution in [-0.2, 0) is 4.79 Å². The Labute approximate surface area is 108 Å². The van der Waals surface area contributed by atoms with Crippen molar-refractivity contribution < 1.29 is 14.6 Å². The van der Waals surface area contributed by atoms with Crippen LogP contribution in [-0.4, -0.2) is 30.0 Å². The number of benzene rings is 1. The van der Waals surface area contributed by atoms with E-state index in [1.807, 2.05) is 0 Å². The number of ether oxygens (including phenoxy) is 1. The Balaban J connectivity index is 2.23. The van der Waals surface area contributed by atoms with E-state index in [-0.39, 0.29) is 11.7 Å². The van der Waals surface area contributed by atoms with Gasteiger partial charge in [-0.15, -0.1) is 0 Å². The molecule has 1 unspecified atom stereocenters. The molecular formula is C12H14BrNO3. The van der Waals surface area contributed by atoms with Gasteiger partial charge in [-0.25, -0.2) is 0 Å². The molecule has 0 radical (unpaired) electrons. The van der Waals surface area contributed by atoms with Crippen LogP contribution in [0.5, 0.6) is 11.5 Å². The number of methoxy groups -OCH3 is 1. The van der Waals surface area contributed by atoms with Gasteiger partial charge in [0.2, 0.25) is 5.91 Å². The monoisotopic (exact) mass is 299 g/mol. The fourth-order valence-electron chi connectivity index (χ4n) is 1.98. The molecule has 1 aromatic carbocycles. The molecule has 0 saturated carbocycles. The molecule has 0 spiro atoms. The second-order valence-electron chi connectivity index (χ2n) is 4.08. The first kappa shape index (κ1) is 12.2. The number of hydrogen-bond donors (Lipinski definition) is 1. The lowest BCUT2D eigenvalue weighted by Gasteiger charge is -2.17. The first-order valence-corrected chi connectivity index (χ1v) is 6.51. The number of halogens is 1. The van der Waals surface area contributed by atoms with Crippen molar-refractivity contribution >= 4 is 27.5 Å². The highest BCUT2D eigenvalue weighted by Gasteiger charge is 2.30. The summed E-state index contributed by atoms with van der Waals surface area (Å²) in [5, 5.41) is 10.5. The second kappa shape index (κ2) is 4.96. The zero-order chi connectivity index (χ0) is 12.4. The number of rotatable bonds is 3. The van der Waals surface area contributed by atoms with Gasteiger partial charge in [0, 0.05) is 30.0 Å². The zero-order valence-electron chi connectivity index (χ0n) is 9.52. The maximum atomic E-state index is 11.8. The molecule has 4 nitrogen and oxygen atoms in total. The van der Waals surface area contributed by atoms with E-state index in [1.165, 1.54) is 7.11 Å². The normalized spacial score (nSPS) is 19.8. The average molecular weight is 300 g/mol. The van der Waals surface area contributed by atoms with Crippen LogP contribution in [0.3, 0.4) is 0 Å². The van der Waals surface area contributed by atoms with Crippen molar-refractivity contribution in [3.8, 4) is 11.5 Å². The molecule has 1 aliphatic rings. The number of hydrogen-bond acceptors (Lipinski definition) is 3. The van der Waals surface area contributed by atoms with Gasteiger partial charge in [0.15, 0.2) is 11.5 Å². The lowest BCUT2D eigenvalue weighted by molar-refractivity contribution is -0.117. The van der Waals surface area contributed by atoms with Crippen LogP contribution in [0.1, 0.15) is 6.42 Å². The molecule has 92 valence electrons. The number of anilines is 1. The molecule has 1 atom stereocenters. The minimum atomic E-state index is 0.0556. The van der Waals surface area contributed by atoms with Crippen LogP contribution in [0.15, 0.2) is 18.2 Å². The van der Waals surface area contributed by atoms with Gasteiger partial charge in [-0.3, -0.25) is 4.79 Å². The Morgan fingerprint density at radius 2 is 2.35 bits per heavy atom. The number of carbonyl (C=O) groups excluding carboxylic acids is 1. The highest BCUT2D eigenvalue weighted by atomic mass is 79.9. The summed E-state index contributed by atoms with van der Waals surface area (Å²) in [4.78, 5) is 13.5. The van der Waals surface area contributed by atoms with Crippen molar-refractivity contribution in [3.05, 3.63) is 18.2 Å². The summed E-state index contributed by atoms with van der Waals surface area (Å²) < 4.78 is 4.97. The number of nitrogens with zero attached hydrogens (tertiary/aromatic N) is 1. The second-order valence-corrected chi connectivity index (χ2v) is 4.73. The summed E-state index contributed by atoms with van der Waals surface area (Å²) in [6, 6.07) is 5.01. The number of aromatic hydroxyl groups is 1. The van der Waals surface area contributed by atoms with E-state index < -0.39 is 0 Å². The van der Waals surface area contributed by atoms with Crippen LogP contribution in [0.2, 0.25) is 0 Å². The summed E-state index contributed by atoms with van der Waals surface area (Å²) in [5.74, 6) is 0.906. The third-order valence-electron chi connectivity index (χ3n) is 2.90. The Hall–Kier alpha value is -1.23. The third-order valence-corrected chi connectivity index (χ3v) is 3.81. The van der Waals surface area contributed by atoms with Gasteiger partial charge < -0.3 is 14.7 Å². The van der Waals surface area contributed by atoms with Crippen LogP contribution in [0.25, 0.3) is 0 Å². The maximum Gasteiger partial charge on any atom is 0.227 e. The van der Waals surface area contributed by atoms with Gasteiger partial charge in [-0.2, -0.15) is 0 Å². The van der Waals surface area contributed by atoms with Crippen molar-refractivity contribution in [1.82, 2.24) is 0 Å². The topological polar surface area (TPSA) is 49.8 Å². The number of carbonyl (C=O) groups is 1. The molecule has 1 amide bonds. The minimum Gasteiger partial charge on any atom is -0.504 e. The lowest BCUT2D eigenvalue weighted by Crippen LogP contribution is -2.24. The average Bonchev–Trinajstić information content (AvgIpc) is 2.70. The van der Waals surface area contributed by atoms with Crippen molar-refractivity contribution in [2.75, 3.05) is 23.9 Å². The highest BCUT2D eigenvalue weighted by Crippen LogP contribution is 2.33. The van der Waals surface area contributed by atoms with E-state index in [2.05, 4.69) is 15.9 Å². The van der Waals surface area contributed by atoms with Crippen molar-refractivity contribution in [3.63, 3.8) is 0 Å². The minimum absolute atomic E-state index is 0.0556. The van der Waals surface area contributed by atoms with Crippen LogP contribution < -0.4 is 9.64 Å². The number of phenols is 1. The van der Waals surface area contributed by atoms with Gasteiger partial charge in [0.05, 0.1) is 7.11 Å². The predicted molar refractivity (Wildman–Crippen MR) is 68.9 cm³/mol. The molecule has 0 aromatic heterocycles. The summed E-state index contributed by atoms with van der Waals surface area (Å²) in [5.41, 5.74) is 0.719. The van der Waals surface area contributed by atoms with Gasteiger partial charge >= 0.3 is 0 Å². The molecule has 1 aromatic rings. The summed E-state index contributed by atoms with van der Waals surface area (Å²) in [7, 11) is 1.50. The quantitative estimate of drug-likeness (QED) is 0.870. The largest absolute Gasteiger partial charge is 0.504 e. The summed E-state index contributed by atoms with van der Waals surface area (Å²) >= 11 is 3.39. The number of amides is 1. The van der Waals surface area contributed by atoms with Gasteiger partial charge in [0.25, 0.3) is 0 Å². The Morgan fingerprint density at radius 3 is 2.88 bits per heavy atom. The Kier molecular flexibility index (Phi) is 3.57. The molecule has 1 saturated heterocycles. The maximum absolute atomic E-state index is 11.8. The van der Waals surface area contributed by atoms with Crippen molar-refractivity contribution in [2.24, 2.45) is 5.92 Å². The fourth-order valence-corrected chi connectivity index (χ4v) is 2.41. The van der Waals surface area contributed by atoms with E-state index in [9.17, 15) is 9.90 Å². The SMILES string of the molecule is COc1ccc(N2CC(CBr)CC2=O)cc1O. The van der Waals surface area contributed by atoms with Crippen molar-refractivity contribution in [1.29, 1.82) is 0 Å². The van der Waals surface area contributed by atoms with E-state index in [4.69, 9.17) is 4.74 Å². The summed E-state index contributed by atoms with van der Waals surface area (Å²) in [6.07, 6.45) is 0.554. The van der Waals surface area contributed by atoms with Gasteiger partial charge in [0.1, 0.15) is 0 Å². The van der Waals surface area contributed by atoms with Crippen molar-refractivity contribution in [2.45, 2.75) is 6.42 Å². The number of alkyl halides is 1. The van der Waals surface area contributed by atoms with E-state index in [0.29, 0.717) is 24.6 Å². The van der Waals surface area contributed by atoms with Crippen LogP contribution in [0, 0.1) is 5.92 Å². The van der Waals surface area contributed by atoms with Gasteiger partial charge in [-0.05, 0) is 18.1 Å². The molecule has 0 bridgehead atoms. The van der Waals surface area contributed by atoms with E-state index in [1.54, 1.807) is 23.1 Å². The molecule has 1 heterocycles. The highest BCUT2D eigenvalue weighted by molar-refractivity contribution is 9.09. The molecule has 1 fully saturated rings. The molecule has 5 heteroatoms. The van der Waals surface area contributed by atoms with Crippen LogP contribution >= 0.6 is 15.9 Å². The molecule has 1 N–H and O–H groups in total. The molecule has 1 aliphatic heterocycles. The fraction of sp³-hybridized carbons (Fsp3) is 0.417. The third kappa shape index (κ3) is 2.39. The van der Waals surface area contributed by atoms with Gasteiger partial charge in [-0.1, -0.05) is 15.9 Å². The van der Waals surface area contributed by atoms with E-state index >= 15 is 0 Å². The number of phenolic OH excluding ortho intramolecular Hbond substituents is 1.